The van der Waals surface area contributed by atoms with Gasteiger partial charge in [0.2, 0.25) is 0 Å². The van der Waals surface area contributed by atoms with Crippen LogP contribution >= 0.6 is 0 Å². The minimum atomic E-state index is -0.355. The van der Waals surface area contributed by atoms with Crippen molar-refractivity contribution in [2.24, 2.45) is 0 Å². The number of nitrogens with one attached hydrogen (secondary N) is 2. The molecule has 1 atom stereocenters. The van der Waals surface area contributed by atoms with Crippen molar-refractivity contribution < 1.29 is 4.79 Å². The number of amides is 1. The zero-order valence-electron chi connectivity index (χ0n) is 11.2. The summed E-state index contributed by atoms with van der Waals surface area (Å²) in [6.45, 7) is 3.56. The summed E-state index contributed by atoms with van der Waals surface area (Å²) in [4.78, 5) is 28.6. The van der Waals surface area contributed by atoms with E-state index in [1.54, 1.807) is 6.20 Å². The molecule has 2 aromatic heterocycles. The van der Waals surface area contributed by atoms with Crippen LogP contribution in [-0.4, -0.2) is 34.4 Å². The lowest BCUT2D eigenvalue weighted by Gasteiger charge is -2.11. The molecule has 0 aliphatic carbocycles. The topological polar surface area (TPSA) is 75.5 Å². The van der Waals surface area contributed by atoms with E-state index in [2.05, 4.69) is 15.6 Å². The summed E-state index contributed by atoms with van der Waals surface area (Å²) in [6, 6.07) is 3.71. The zero-order valence-corrected chi connectivity index (χ0v) is 11.2. The number of pyridine rings is 1. The van der Waals surface area contributed by atoms with Crippen molar-refractivity contribution in [3.8, 4) is 0 Å². The maximum absolute atomic E-state index is 12.3. The first kappa shape index (κ1) is 12.8. The van der Waals surface area contributed by atoms with Crippen molar-refractivity contribution >= 4 is 11.6 Å². The van der Waals surface area contributed by atoms with E-state index < -0.39 is 0 Å². The summed E-state index contributed by atoms with van der Waals surface area (Å²) in [5, 5.41) is 6.02. The highest BCUT2D eigenvalue weighted by Crippen LogP contribution is 2.03. The third-order valence-corrected chi connectivity index (χ3v) is 3.51. The molecule has 1 unspecified atom stereocenters. The summed E-state index contributed by atoms with van der Waals surface area (Å²) in [5.41, 5.74) is 1.32. The van der Waals surface area contributed by atoms with Crippen LogP contribution in [0.4, 0.5) is 0 Å². The number of fused-ring (bicyclic) bond motifs is 1. The van der Waals surface area contributed by atoms with Gasteiger partial charge in [0.1, 0.15) is 11.2 Å². The van der Waals surface area contributed by atoms with Crippen LogP contribution in [0.5, 0.6) is 0 Å². The molecule has 20 heavy (non-hydrogen) atoms. The van der Waals surface area contributed by atoms with E-state index in [0.717, 1.165) is 25.1 Å². The largest absolute Gasteiger partial charge is 0.348 e. The molecule has 104 valence electrons. The quantitative estimate of drug-likeness (QED) is 0.812. The fourth-order valence-corrected chi connectivity index (χ4v) is 2.37. The fraction of sp³-hybridized carbons (Fsp3) is 0.357. The standard InChI is InChI=1S/C14H16N4O2/c1-9-3-5-18-12(6-9)16-8-11(14(18)20)13(19)17-10-2-4-15-7-10/h3,5-6,8,10,15H,2,4,7H2,1H3,(H,17,19). The lowest BCUT2D eigenvalue weighted by Crippen LogP contribution is -2.39. The van der Waals surface area contributed by atoms with Gasteiger partial charge >= 0.3 is 0 Å². The third-order valence-electron chi connectivity index (χ3n) is 3.51. The zero-order chi connectivity index (χ0) is 14.1. The van der Waals surface area contributed by atoms with Crippen molar-refractivity contribution in [2.45, 2.75) is 19.4 Å². The second-order valence-corrected chi connectivity index (χ2v) is 5.07. The minimum absolute atomic E-state index is 0.0817. The number of hydrogen-bond acceptors (Lipinski definition) is 4. The molecule has 1 amide bonds. The number of carbonyl (C=O) groups is 1. The molecule has 0 aromatic carbocycles. The molecular formula is C14H16N4O2. The van der Waals surface area contributed by atoms with E-state index in [1.165, 1.54) is 10.6 Å². The van der Waals surface area contributed by atoms with Crippen LogP contribution in [0.2, 0.25) is 0 Å². The van der Waals surface area contributed by atoms with Crippen molar-refractivity contribution in [3.63, 3.8) is 0 Å². The molecule has 2 N–H and O–H groups in total. The first-order valence-corrected chi connectivity index (χ1v) is 6.65. The molecule has 3 heterocycles. The van der Waals surface area contributed by atoms with Gasteiger partial charge in [0.15, 0.2) is 0 Å². The second kappa shape index (κ2) is 5.05. The molecule has 1 fully saturated rings. The molecule has 1 aliphatic heterocycles. The van der Waals surface area contributed by atoms with Gasteiger partial charge in [0, 0.05) is 25.0 Å². The van der Waals surface area contributed by atoms with Crippen LogP contribution in [0.15, 0.2) is 29.3 Å². The van der Waals surface area contributed by atoms with Crippen LogP contribution < -0.4 is 16.2 Å². The number of rotatable bonds is 2. The lowest BCUT2D eigenvalue weighted by atomic mass is 10.2. The Balaban J connectivity index is 1.95. The minimum Gasteiger partial charge on any atom is -0.348 e. The summed E-state index contributed by atoms with van der Waals surface area (Å²) in [5.74, 6) is -0.355. The second-order valence-electron chi connectivity index (χ2n) is 5.07. The van der Waals surface area contributed by atoms with Crippen molar-refractivity contribution in [2.75, 3.05) is 13.1 Å². The van der Waals surface area contributed by atoms with Gasteiger partial charge in [-0.15, -0.1) is 0 Å². The van der Waals surface area contributed by atoms with Crippen molar-refractivity contribution in [1.29, 1.82) is 0 Å². The van der Waals surface area contributed by atoms with Crippen LogP contribution in [0.1, 0.15) is 22.3 Å². The Morgan fingerprint density at radius 3 is 3.15 bits per heavy atom. The van der Waals surface area contributed by atoms with Crippen molar-refractivity contribution in [3.05, 3.63) is 46.0 Å². The number of carbonyl (C=O) groups excluding carboxylic acids is 1. The van der Waals surface area contributed by atoms with E-state index in [0.29, 0.717) is 5.65 Å². The monoisotopic (exact) mass is 272 g/mol. The summed E-state index contributed by atoms with van der Waals surface area (Å²) in [6.07, 6.45) is 3.88. The highest BCUT2D eigenvalue weighted by atomic mass is 16.2. The fourth-order valence-electron chi connectivity index (χ4n) is 2.37. The van der Waals surface area contributed by atoms with E-state index in [1.807, 2.05) is 19.1 Å². The van der Waals surface area contributed by atoms with E-state index in [-0.39, 0.29) is 23.1 Å². The molecule has 1 saturated heterocycles. The van der Waals surface area contributed by atoms with Gasteiger partial charge in [0.05, 0.1) is 0 Å². The summed E-state index contributed by atoms with van der Waals surface area (Å²) < 4.78 is 1.40. The normalized spacial score (nSPS) is 18.4. The van der Waals surface area contributed by atoms with Gasteiger partial charge in [-0.3, -0.25) is 14.0 Å². The van der Waals surface area contributed by atoms with Crippen LogP contribution in [0, 0.1) is 6.92 Å². The molecule has 3 rings (SSSR count). The van der Waals surface area contributed by atoms with Gasteiger partial charge in [-0.2, -0.15) is 0 Å². The van der Waals surface area contributed by atoms with Crippen molar-refractivity contribution in [1.82, 2.24) is 20.0 Å². The molecule has 0 radical (unpaired) electrons. The van der Waals surface area contributed by atoms with Gasteiger partial charge in [0.25, 0.3) is 11.5 Å². The Bertz CT molecular complexity index is 717. The lowest BCUT2D eigenvalue weighted by molar-refractivity contribution is 0.0938. The van der Waals surface area contributed by atoms with E-state index >= 15 is 0 Å². The van der Waals surface area contributed by atoms with Crippen LogP contribution in [-0.2, 0) is 0 Å². The SMILES string of the molecule is Cc1ccn2c(=O)c(C(=O)NC3CCNC3)cnc2c1. The molecule has 6 nitrogen and oxygen atoms in total. The van der Waals surface area contributed by atoms with Crippen LogP contribution in [0.25, 0.3) is 5.65 Å². The highest BCUT2D eigenvalue weighted by molar-refractivity contribution is 5.94. The Morgan fingerprint density at radius 1 is 1.55 bits per heavy atom. The predicted octanol–water partition coefficient (Wildman–Crippen LogP) is 0.0946. The molecule has 1 aliphatic rings. The highest BCUT2D eigenvalue weighted by Gasteiger charge is 2.20. The Kier molecular flexibility index (Phi) is 3.23. The molecule has 0 saturated carbocycles. The molecule has 2 aromatic rings. The average molecular weight is 272 g/mol. The first-order valence-electron chi connectivity index (χ1n) is 6.65. The maximum Gasteiger partial charge on any atom is 0.270 e. The number of nitrogens with zero attached hydrogens (tertiary/aromatic N) is 2. The number of hydrogen-bond donors (Lipinski definition) is 2. The molecular weight excluding hydrogens is 256 g/mol. The number of aryl methyl sites for hydroxylation is 1. The smallest absolute Gasteiger partial charge is 0.270 e. The summed E-state index contributed by atoms with van der Waals surface area (Å²) in [7, 11) is 0. The molecule has 0 bridgehead atoms. The van der Waals surface area contributed by atoms with Gasteiger partial charge in [-0.05, 0) is 37.6 Å². The Hall–Kier alpha value is -2.21. The molecule has 0 spiro atoms. The third kappa shape index (κ3) is 2.30. The summed E-state index contributed by atoms with van der Waals surface area (Å²) >= 11 is 0. The van der Waals surface area contributed by atoms with Gasteiger partial charge in [-0.1, -0.05) is 0 Å². The predicted molar refractivity (Wildman–Crippen MR) is 74.9 cm³/mol. The number of aromatic nitrogens is 2. The molecule has 6 heteroatoms. The average Bonchev–Trinajstić information content (AvgIpc) is 2.91. The maximum atomic E-state index is 12.3. The van der Waals surface area contributed by atoms with E-state index in [4.69, 9.17) is 0 Å². The van der Waals surface area contributed by atoms with E-state index in [9.17, 15) is 9.59 Å². The first-order chi connectivity index (χ1) is 9.65. The van der Waals surface area contributed by atoms with Crippen LogP contribution in [0.3, 0.4) is 0 Å². The Labute approximate surface area is 115 Å². The van der Waals surface area contributed by atoms with Gasteiger partial charge < -0.3 is 10.6 Å². The van der Waals surface area contributed by atoms with Gasteiger partial charge in [-0.25, -0.2) is 4.98 Å². The Morgan fingerprint density at radius 2 is 2.40 bits per heavy atom.